The van der Waals surface area contributed by atoms with Gasteiger partial charge in [0.05, 0.1) is 18.1 Å². The van der Waals surface area contributed by atoms with Gasteiger partial charge in [-0.15, -0.1) is 0 Å². The second-order valence-corrected chi connectivity index (χ2v) is 6.12. The molecule has 0 spiro atoms. The van der Waals surface area contributed by atoms with Crippen LogP contribution in [0.1, 0.15) is 19.3 Å². The van der Waals surface area contributed by atoms with Gasteiger partial charge in [0.2, 0.25) is 0 Å². The van der Waals surface area contributed by atoms with Gasteiger partial charge in [0, 0.05) is 6.54 Å². The molecule has 2 rings (SSSR count). The number of nitro groups is 1. The Kier molecular flexibility index (Phi) is 7.27. The molecule has 0 atom stereocenters. The molecule has 1 aliphatic rings. The highest BCUT2D eigenvalue weighted by Crippen LogP contribution is 2.31. The number of benzene rings is 1. The van der Waals surface area contributed by atoms with E-state index in [1.54, 1.807) is 12.1 Å². The highest BCUT2D eigenvalue weighted by molar-refractivity contribution is 5.50. The third-order valence-electron chi connectivity index (χ3n) is 4.54. The van der Waals surface area contributed by atoms with Crippen LogP contribution in [-0.2, 0) is 0 Å². The Balaban J connectivity index is 1.78. The highest BCUT2D eigenvalue weighted by Gasteiger charge is 2.20. The molecule has 7 heteroatoms. The maximum atomic E-state index is 11.1. The van der Waals surface area contributed by atoms with Gasteiger partial charge in [0.1, 0.15) is 12.4 Å². The summed E-state index contributed by atoms with van der Waals surface area (Å²) in [5.74, 6) is 1.56. The Bertz CT molecular complexity index is 531. The van der Waals surface area contributed by atoms with Gasteiger partial charge in [0.15, 0.2) is 5.75 Å². The SMILES string of the molecule is CNCCC1CCN(CCOc2ccc(OC)cc2[N+](=O)[O-])CC1. The van der Waals surface area contributed by atoms with Crippen LogP contribution in [0.25, 0.3) is 0 Å². The average Bonchev–Trinajstić information content (AvgIpc) is 2.61. The Labute approximate surface area is 143 Å². The standard InChI is InChI=1S/C17H27N3O4/c1-18-8-5-14-6-9-19(10-7-14)11-12-24-17-4-3-15(23-2)13-16(17)20(21)22/h3-4,13-14,18H,5-12H2,1-2H3. The lowest BCUT2D eigenvalue weighted by Gasteiger charge is -2.31. The third-order valence-corrected chi connectivity index (χ3v) is 4.54. The van der Waals surface area contributed by atoms with Crippen LogP contribution in [0.3, 0.4) is 0 Å². The number of methoxy groups -OCH3 is 1. The zero-order valence-corrected chi connectivity index (χ0v) is 14.5. The minimum Gasteiger partial charge on any atom is -0.496 e. The molecule has 0 unspecified atom stereocenters. The van der Waals surface area contributed by atoms with Gasteiger partial charge in [0.25, 0.3) is 0 Å². The Morgan fingerprint density at radius 2 is 2.12 bits per heavy atom. The van der Waals surface area contributed by atoms with Crippen molar-refractivity contribution in [2.75, 3.05) is 46.9 Å². The number of nitrogens with zero attached hydrogens (tertiary/aromatic N) is 2. The molecule has 0 aromatic heterocycles. The number of rotatable bonds is 9. The Hall–Kier alpha value is -1.86. The van der Waals surface area contributed by atoms with Crippen LogP contribution < -0.4 is 14.8 Å². The normalized spacial score (nSPS) is 16.1. The lowest BCUT2D eigenvalue weighted by Crippen LogP contribution is -2.37. The maximum absolute atomic E-state index is 11.1. The van der Waals surface area contributed by atoms with E-state index in [0.717, 1.165) is 32.1 Å². The predicted molar refractivity (Wildman–Crippen MR) is 92.9 cm³/mol. The molecule has 134 valence electrons. The summed E-state index contributed by atoms with van der Waals surface area (Å²) in [6, 6.07) is 4.67. The lowest BCUT2D eigenvalue weighted by molar-refractivity contribution is -0.385. The molecule has 1 N–H and O–H groups in total. The smallest absolute Gasteiger partial charge is 0.314 e. The van der Waals surface area contributed by atoms with E-state index in [9.17, 15) is 10.1 Å². The first-order valence-electron chi connectivity index (χ1n) is 8.46. The third kappa shape index (κ3) is 5.35. The summed E-state index contributed by atoms with van der Waals surface area (Å²) in [6.07, 6.45) is 3.66. The average molecular weight is 337 g/mol. The van der Waals surface area contributed by atoms with Crippen molar-refractivity contribution in [3.63, 3.8) is 0 Å². The quantitative estimate of drug-likeness (QED) is 0.550. The maximum Gasteiger partial charge on any atom is 0.314 e. The molecule has 1 aromatic rings. The summed E-state index contributed by atoms with van der Waals surface area (Å²) in [7, 11) is 3.48. The van der Waals surface area contributed by atoms with Crippen LogP contribution in [-0.4, -0.2) is 56.8 Å². The number of likely N-dealkylation sites (tertiary alicyclic amines) is 1. The van der Waals surface area contributed by atoms with Gasteiger partial charge >= 0.3 is 5.69 Å². The van der Waals surface area contributed by atoms with E-state index in [1.165, 1.54) is 32.4 Å². The fourth-order valence-electron chi connectivity index (χ4n) is 3.02. The monoisotopic (exact) mass is 337 g/mol. The summed E-state index contributed by atoms with van der Waals surface area (Å²) in [6.45, 7) is 4.47. The molecule has 24 heavy (non-hydrogen) atoms. The van der Waals surface area contributed by atoms with E-state index in [4.69, 9.17) is 9.47 Å². The minimum absolute atomic E-state index is 0.0554. The number of nitro benzene ring substituents is 1. The van der Waals surface area contributed by atoms with Crippen LogP contribution in [0, 0.1) is 16.0 Å². The lowest BCUT2D eigenvalue weighted by atomic mass is 9.93. The Morgan fingerprint density at radius 1 is 1.38 bits per heavy atom. The van der Waals surface area contributed by atoms with Crippen LogP contribution in [0.4, 0.5) is 5.69 Å². The zero-order valence-electron chi connectivity index (χ0n) is 14.5. The number of ether oxygens (including phenoxy) is 2. The molecule has 1 aromatic carbocycles. The van der Waals surface area contributed by atoms with Crippen molar-refractivity contribution >= 4 is 5.69 Å². The first kappa shape index (κ1) is 18.5. The number of hydrogen-bond donors (Lipinski definition) is 1. The van der Waals surface area contributed by atoms with Crippen LogP contribution in [0.15, 0.2) is 18.2 Å². The van der Waals surface area contributed by atoms with Crippen molar-refractivity contribution < 1.29 is 14.4 Å². The van der Waals surface area contributed by atoms with Gasteiger partial charge in [-0.3, -0.25) is 15.0 Å². The van der Waals surface area contributed by atoms with Crippen molar-refractivity contribution in [1.82, 2.24) is 10.2 Å². The van der Waals surface area contributed by atoms with E-state index >= 15 is 0 Å². The van der Waals surface area contributed by atoms with Crippen molar-refractivity contribution in [2.45, 2.75) is 19.3 Å². The van der Waals surface area contributed by atoms with E-state index in [-0.39, 0.29) is 5.69 Å². The summed E-state index contributed by atoms with van der Waals surface area (Å²) in [5, 5.41) is 14.3. The van der Waals surface area contributed by atoms with Gasteiger partial charge in [-0.25, -0.2) is 0 Å². The van der Waals surface area contributed by atoms with E-state index < -0.39 is 4.92 Å². The molecule has 1 saturated heterocycles. The van der Waals surface area contributed by atoms with Crippen molar-refractivity contribution in [2.24, 2.45) is 5.92 Å². The molecule has 0 radical (unpaired) electrons. The molecule has 1 aliphatic heterocycles. The Morgan fingerprint density at radius 3 is 2.75 bits per heavy atom. The first-order valence-corrected chi connectivity index (χ1v) is 8.46. The summed E-state index contributed by atoms with van der Waals surface area (Å²) in [5.41, 5.74) is -0.0554. The van der Waals surface area contributed by atoms with Crippen LogP contribution >= 0.6 is 0 Å². The van der Waals surface area contributed by atoms with E-state index in [1.807, 2.05) is 7.05 Å². The van der Waals surface area contributed by atoms with Crippen LogP contribution in [0.2, 0.25) is 0 Å². The number of hydrogen-bond acceptors (Lipinski definition) is 6. The zero-order chi connectivity index (χ0) is 17.4. The van der Waals surface area contributed by atoms with E-state index in [0.29, 0.717) is 18.1 Å². The molecule has 0 saturated carbocycles. The predicted octanol–water partition coefficient (Wildman–Crippen LogP) is 2.30. The van der Waals surface area contributed by atoms with Gasteiger partial charge < -0.3 is 14.8 Å². The van der Waals surface area contributed by atoms with Crippen molar-refractivity contribution in [3.05, 3.63) is 28.3 Å². The van der Waals surface area contributed by atoms with Gasteiger partial charge in [-0.1, -0.05) is 0 Å². The summed E-state index contributed by atoms with van der Waals surface area (Å²) >= 11 is 0. The first-order chi connectivity index (χ1) is 11.6. The molecule has 1 heterocycles. The molecule has 7 nitrogen and oxygen atoms in total. The van der Waals surface area contributed by atoms with Gasteiger partial charge in [-0.2, -0.15) is 0 Å². The van der Waals surface area contributed by atoms with Crippen molar-refractivity contribution in [1.29, 1.82) is 0 Å². The second-order valence-electron chi connectivity index (χ2n) is 6.12. The molecular formula is C17H27N3O4. The minimum atomic E-state index is -0.439. The van der Waals surface area contributed by atoms with Gasteiger partial charge in [-0.05, 0) is 64.0 Å². The number of nitrogens with one attached hydrogen (secondary N) is 1. The van der Waals surface area contributed by atoms with Crippen LogP contribution in [0.5, 0.6) is 11.5 Å². The van der Waals surface area contributed by atoms with E-state index in [2.05, 4.69) is 10.2 Å². The topological polar surface area (TPSA) is 76.9 Å². The summed E-state index contributed by atoms with van der Waals surface area (Å²) in [4.78, 5) is 13.1. The molecular weight excluding hydrogens is 310 g/mol. The highest BCUT2D eigenvalue weighted by atomic mass is 16.6. The fourth-order valence-corrected chi connectivity index (χ4v) is 3.02. The largest absolute Gasteiger partial charge is 0.496 e. The number of piperidine rings is 1. The molecule has 1 fully saturated rings. The second kappa shape index (κ2) is 9.44. The molecule has 0 aliphatic carbocycles. The fraction of sp³-hybridized carbons (Fsp3) is 0.647. The molecule has 0 amide bonds. The molecule has 0 bridgehead atoms. The summed E-state index contributed by atoms with van der Waals surface area (Å²) < 4.78 is 10.7. The van der Waals surface area contributed by atoms with Crippen molar-refractivity contribution in [3.8, 4) is 11.5 Å².